The lowest BCUT2D eigenvalue weighted by Gasteiger charge is -2.10. The summed E-state index contributed by atoms with van der Waals surface area (Å²) in [4.78, 5) is 13.0. The molecule has 2 aromatic rings. The first-order valence-corrected chi connectivity index (χ1v) is 7.89. The minimum Gasteiger partial charge on any atom is -0.409 e. The van der Waals surface area contributed by atoms with Crippen molar-refractivity contribution in [2.45, 2.75) is 13.3 Å². The number of nitrogens with two attached hydrogens (primary N) is 1. The van der Waals surface area contributed by atoms with E-state index in [4.69, 9.17) is 10.9 Å². The molecule has 0 aliphatic carbocycles. The van der Waals surface area contributed by atoms with E-state index in [1.54, 1.807) is 18.2 Å². The predicted molar refractivity (Wildman–Crippen MR) is 88.3 cm³/mol. The van der Waals surface area contributed by atoms with Gasteiger partial charge >= 0.3 is 0 Å². The number of aryl methyl sites for hydroxylation is 1. The molecule has 1 heterocycles. The molecule has 0 spiro atoms. The Labute approximate surface area is 134 Å². The molecule has 0 saturated heterocycles. The summed E-state index contributed by atoms with van der Waals surface area (Å²) in [5.41, 5.74) is 7.59. The third-order valence-corrected chi connectivity index (χ3v) is 4.40. The zero-order chi connectivity index (χ0) is 15.4. The maximum Gasteiger partial charge on any atom is 0.266 e. The van der Waals surface area contributed by atoms with Crippen molar-refractivity contribution < 1.29 is 10.0 Å². The lowest BCUT2D eigenvalue weighted by atomic mass is 10.1. The van der Waals surface area contributed by atoms with Crippen LogP contribution < -0.4 is 11.1 Å². The average molecular weight is 368 g/mol. The van der Waals surface area contributed by atoms with Crippen molar-refractivity contribution in [1.82, 2.24) is 0 Å². The molecule has 21 heavy (non-hydrogen) atoms. The van der Waals surface area contributed by atoms with E-state index in [0.717, 1.165) is 16.5 Å². The minimum atomic E-state index is -0.198. The highest BCUT2D eigenvalue weighted by molar-refractivity contribution is 9.10. The van der Waals surface area contributed by atoms with Crippen LogP contribution in [0, 0.1) is 0 Å². The largest absolute Gasteiger partial charge is 0.409 e. The molecule has 1 aromatic heterocycles. The number of nitrogens with one attached hydrogen (secondary N) is 1. The van der Waals surface area contributed by atoms with E-state index < -0.39 is 0 Å². The number of amidine groups is 1. The second-order valence-corrected chi connectivity index (χ2v) is 6.09. The number of amides is 1. The molecule has 110 valence electrons. The van der Waals surface area contributed by atoms with E-state index in [0.29, 0.717) is 16.1 Å². The van der Waals surface area contributed by atoms with Crippen LogP contribution in [-0.4, -0.2) is 17.0 Å². The number of nitrogens with zero attached hydrogens (tertiary/aromatic N) is 1. The predicted octanol–water partition coefficient (Wildman–Crippen LogP) is 3.42. The van der Waals surface area contributed by atoms with Crippen LogP contribution in [0.15, 0.2) is 39.3 Å². The summed E-state index contributed by atoms with van der Waals surface area (Å²) in [7, 11) is 0. The van der Waals surface area contributed by atoms with Crippen LogP contribution in [0.2, 0.25) is 0 Å². The molecule has 2 rings (SSSR count). The number of benzene rings is 1. The van der Waals surface area contributed by atoms with Crippen molar-refractivity contribution in [3.63, 3.8) is 0 Å². The van der Waals surface area contributed by atoms with Crippen LogP contribution in [0.1, 0.15) is 27.7 Å². The number of carbonyl (C=O) groups is 1. The molecular weight excluding hydrogens is 354 g/mol. The Balaban J connectivity index is 2.34. The number of halogens is 1. The molecule has 0 fully saturated rings. The summed E-state index contributed by atoms with van der Waals surface area (Å²) < 4.78 is 0.771. The van der Waals surface area contributed by atoms with E-state index in [1.807, 2.05) is 18.4 Å². The highest BCUT2D eigenvalue weighted by Crippen LogP contribution is 2.24. The molecule has 4 N–H and O–H groups in total. The van der Waals surface area contributed by atoms with Crippen molar-refractivity contribution in [2.75, 3.05) is 5.32 Å². The molecule has 1 aromatic carbocycles. The smallest absolute Gasteiger partial charge is 0.266 e. The standard InChI is InChI=1S/C14H14BrN3O2S/c1-2-8-5-6-21-12(8)14(19)17-11-4-3-9(15)7-10(11)13(16)18-20/h3-7,20H,2H2,1H3,(H2,16,18)(H,17,19). The Kier molecular flexibility index (Phi) is 4.98. The van der Waals surface area contributed by atoms with Crippen LogP contribution in [0.25, 0.3) is 0 Å². The summed E-state index contributed by atoms with van der Waals surface area (Å²) in [6.07, 6.45) is 0.791. The zero-order valence-electron chi connectivity index (χ0n) is 11.3. The Morgan fingerprint density at radius 3 is 2.90 bits per heavy atom. The highest BCUT2D eigenvalue weighted by Gasteiger charge is 2.15. The average Bonchev–Trinajstić information content (AvgIpc) is 2.96. The third-order valence-electron chi connectivity index (χ3n) is 2.95. The van der Waals surface area contributed by atoms with Gasteiger partial charge in [-0.2, -0.15) is 0 Å². The van der Waals surface area contributed by atoms with Gasteiger partial charge in [0.05, 0.1) is 10.6 Å². The number of thiophene rings is 1. The summed E-state index contributed by atoms with van der Waals surface area (Å²) in [6.45, 7) is 2.00. The van der Waals surface area contributed by atoms with Crippen LogP contribution in [0.3, 0.4) is 0 Å². The Morgan fingerprint density at radius 2 is 2.24 bits per heavy atom. The zero-order valence-corrected chi connectivity index (χ0v) is 13.7. The van der Waals surface area contributed by atoms with Crippen LogP contribution >= 0.6 is 27.3 Å². The van der Waals surface area contributed by atoms with Gasteiger partial charge < -0.3 is 16.3 Å². The summed E-state index contributed by atoms with van der Waals surface area (Å²) in [6, 6.07) is 7.10. The maximum absolute atomic E-state index is 12.3. The highest BCUT2D eigenvalue weighted by atomic mass is 79.9. The van der Waals surface area contributed by atoms with E-state index in [-0.39, 0.29) is 11.7 Å². The maximum atomic E-state index is 12.3. The van der Waals surface area contributed by atoms with Gasteiger partial charge in [-0.05, 0) is 41.6 Å². The lowest BCUT2D eigenvalue weighted by Crippen LogP contribution is -2.19. The van der Waals surface area contributed by atoms with Crippen molar-refractivity contribution in [3.05, 3.63) is 50.1 Å². The third kappa shape index (κ3) is 3.43. The van der Waals surface area contributed by atoms with E-state index in [9.17, 15) is 4.79 Å². The molecule has 0 unspecified atom stereocenters. The van der Waals surface area contributed by atoms with Crippen molar-refractivity contribution in [1.29, 1.82) is 0 Å². The number of anilines is 1. The second kappa shape index (κ2) is 6.73. The quantitative estimate of drug-likeness (QED) is 0.334. The van der Waals surface area contributed by atoms with Gasteiger partial charge in [0, 0.05) is 10.0 Å². The van der Waals surface area contributed by atoms with Gasteiger partial charge in [-0.1, -0.05) is 28.0 Å². The molecule has 0 radical (unpaired) electrons. The second-order valence-electron chi connectivity index (χ2n) is 4.26. The van der Waals surface area contributed by atoms with E-state index in [2.05, 4.69) is 26.4 Å². The molecule has 0 aliphatic heterocycles. The Morgan fingerprint density at radius 1 is 1.48 bits per heavy atom. The number of rotatable bonds is 4. The molecule has 5 nitrogen and oxygen atoms in total. The van der Waals surface area contributed by atoms with Crippen LogP contribution in [-0.2, 0) is 6.42 Å². The lowest BCUT2D eigenvalue weighted by molar-refractivity contribution is 0.103. The van der Waals surface area contributed by atoms with Crippen molar-refractivity contribution in [3.8, 4) is 0 Å². The number of hydrogen-bond acceptors (Lipinski definition) is 4. The van der Waals surface area contributed by atoms with E-state index in [1.165, 1.54) is 11.3 Å². The molecule has 0 bridgehead atoms. The minimum absolute atomic E-state index is 0.0616. The SMILES string of the molecule is CCc1ccsc1C(=O)Nc1ccc(Br)cc1/C(N)=N/O. The summed E-state index contributed by atoms with van der Waals surface area (Å²) in [5, 5.41) is 16.5. The van der Waals surface area contributed by atoms with Crippen molar-refractivity contribution in [2.24, 2.45) is 10.9 Å². The topological polar surface area (TPSA) is 87.7 Å². The monoisotopic (exact) mass is 367 g/mol. The first kappa shape index (κ1) is 15.5. The van der Waals surface area contributed by atoms with Gasteiger partial charge in [0.25, 0.3) is 5.91 Å². The fraction of sp³-hybridized carbons (Fsp3) is 0.143. The Bertz CT molecular complexity index is 697. The van der Waals surface area contributed by atoms with Crippen molar-refractivity contribution >= 4 is 44.7 Å². The molecule has 0 atom stereocenters. The van der Waals surface area contributed by atoms with Gasteiger partial charge in [0.1, 0.15) is 0 Å². The summed E-state index contributed by atoms with van der Waals surface area (Å²) >= 11 is 4.71. The number of carbonyl (C=O) groups excluding carboxylic acids is 1. The first-order chi connectivity index (χ1) is 10.1. The van der Waals surface area contributed by atoms with Gasteiger partial charge in [-0.25, -0.2) is 0 Å². The fourth-order valence-electron chi connectivity index (χ4n) is 1.88. The van der Waals surface area contributed by atoms with Crippen LogP contribution in [0.5, 0.6) is 0 Å². The van der Waals surface area contributed by atoms with Gasteiger partial charge in [-0.15, -0.1) is 11.3 Å². The molecule has 0 aliphatic rings. The molecule has 0 saturated carbocycles. The molecule has 1 amide bonds. The van der Waals surface area contributed by atoms with Gasteiger partial charge in [-0.3, -0.25) is 4.79 Å². The molecule has 7 heteroatoms. The Hall–Kier alpha value is -1.86. The number of oxime groups is 1. The first-order valence-electron chi connectivity index (χ1n) is 6.22. The summed E-state index contributed by atoms with van der Waals surface area (Å²) in [5.74, 6) is -0.260. The van der Waals surface area contributed by atoms with Crippen LogP contribution in [0.4, 0.5) is 5.69 Å². The van der Waals surface area contributed by atoms with E-state index >= 15 is 0 Å². The van der Waals surface area contributed by atoms with Gasteiger partial charge in [0.15, 0.2) is 5.84 Å². The normalized spacial score (nSPS) is 11.4. The number of hydrogen-bond donors (Lipinski definition) is 3. The van der Waals surface area contributed by atoms with Gasteiger partial charge in [0.2, 0.25) is 0 Å². The fourth-order valence-corrected chi connectivity index (χ4v) is 3.13. The molecular formula is C14H14BrN3O2S.